The molecule has 2 rings (SSSR count). The summed E-state index contributed by atoms with van der Waals surface area (Å²) in [6.45, 7) is -0.00851. The minimum absolute atomic E-state index is 0.00851. The van der Waals surface area contributed by atoms with Crippen LogP contribution in [0.3, 0.4) is 0 Å². The van der Waals surface area contributed by atoms with Gasteiger partial charge in [-0.15, -0.1) is 0 Å². The van der Waals surface area contributed by atoms with Crippen LogP contribution in [0.25, 0.3) is 0 Å². The Morgan fingerprint density at radius 1 is 1.45 bits per heavy atom. The van der Waals surface area contributed by atoms with Crippen LogP contribution in [0.15, 0.2) is 18.2 Å². The van der Waals surface area contributed by atoms with E-state index in [9.17, 15) is 9.90 Å². The molecule has 4 nitrogen and oxygen atoms in total. The molecule has 110 valence electrons. The zero-order valence-electron chi connectivity index (χ0n) is 11.6. The van der Waals surface area contributed by atoms with Crippen molar-refractivity contribution in [3.8, 4) is 5.75 Å². The second kappa shape index (κ2) is 6.46. The van der Waals surface area contributed by atoms with E-state index in [0.29, 0.717) is 10.8 Å². The Morgan fingerprint density at radius 2 is 2.15 bits per heavy atom. The average Bonchev–Trinajstić information content (AvgIpc) is 2.88. The van der Waals surface area contributed by atoms with Crippen molar-refractivity contribution in [2.75, 3.05) is 13.7 Å². The molecule has 0 spiro atoms. The number of hydrogen-bond acceptors (Lipinski definition) is 3. The van der Waals surface area contributed by atoms with Crippen LogP contribution in [0, 0.1) is 0 Å². The summed E-state index contributed by atoms with van der Waals surface area (Å²) in [5.41, 5.74) is 0.312. The van der Waals surface area contributed by atoms with Crippen molar-refractivity contribution in [3.63, 3.8) is 0 Å². The molecule has 5 heteroatoms. The van der Waals surface area contributed by atoms with Gasteiger partial charge in [-0.3, -0.25) is 4.79 Å². The first-order chi connectivity index (χ1) is 9.58. The van der Waals surface area contributed by atoms with Crippen LogP contribution in [0.1, 0.15) is 31.2 Å². The summed E-state index contributed by atoms with van der Waals surface area (Å²) in [6, 6.07) is 5.22. The number of halogens is 1. The van der Waals surface area contributed by atoms with Crippen molar-refractivity contribution < 1.29 is 14.6 Å². The van der Waals surface area contributed by atoms with Crippen LogP contribution in [0.2, 0.25) is 5.02 Å². The van der Waals surface area contributed by atoms with Crippen LogP contribution in [-0.4, -0.2) is 30.3 Å². The summed E-state index contributed by atoms with van der Waals surface area (Å²) >= 11 is 5.95. The van der Waals surface area contributed by atoms with Gasteiger partial charge in [0, 0.05) is 10.6 Å². The lowest BCUT2D eigenvalue weighted by Gasteiger charge is -2.28. The Kier molecular flexibility index (Phi) is 4.89. The second-order valence-corrected chi connectivity index (χ2v) is 5.76. The average molecular weight is 298 g/mol. The first kappa shape index (κ1) is 15.1. The van der Waals surface area contributed by atoms with Gasteiger partial charge in [0.1, 0.15) is 5.75 Å². The molecule has 1 fully saturated rings. The zero-order valence-corrected chi connectivity index (χ0v) is 12.4. The van der Waals surface area contributed by atoms with E-state index in [0.717, 1.165) is 31.2 Å². The van der Waals surface area contributed by atoms with Crippen LogP contribution in [-0.2, 0) is 11.2 Å². The molecule has 20 heavy (non-hydrogen) atoms. The van der Waals surface area contributed by atoms with Gasteiger partial charge in [0.2, 0.25) is 5.91 Å². The van der Waals surface area contributed by atoms with E-state index in [1.165, 1.54) is 0 Å². The van der Waals surface area contributed by atoms with Crippen molar-refractivity contribution in [3.05, 3.63) is 28.8 Å². The summed E-state index contributed by atoms with van der Waals surface area (Å²) in [5.74, 6) is 0.538. The molecule has 1 aromatic carbocycles. The van der Waals surface area contributed by atoms with E-state index < -0.39 is 5.54 Å². The number of amides is 1. The first-order valence-corrected chi connectivity index (χ1v) is 7.21. The molecule has 0 unspecified atom stereocenters. The van der Waals surface area contributed by atoms with E-state index in [1.807, 2.05) is 0 Å². The number of aliphatic hydroxyl groups excluding tert-OH is 1. The molecule has 2 N–H and O–H groups in total. The van der Waals surface area contributed by atoms with E-state index in [-0.39, 0.29) is 18.9 Å². The summed E-state index contributed by atoms with van der Waals surface area (Å²) in [6.07, 6.45) is 3.96. The topological polar surface area (TPSA) is 58.6 Å². The zero-order chi connectivity index (χ0) is 14.6. The van der Waals surface area contributed by atoms with Gasteiger partial charge in [-0.2, -0.15) is 0 Å². The fourth-order valence-corrected chi connectivity index (χ4v) is 2.97. The number of ether oxygens (including phenoxy) is 1. The van der Waals surface area contributed by atoms with E-state index >= 15 is 0 Å². The van der Waals surface area contributed by atoms with Crippen LogP contribution in [0.4, 0.5) is 0 Å². The van der Waals surface area contributed by atoms with Gasteiger partial charge in [0.25, 0.3) is 0 Å². The van der Waals surface area contributed by atoms with Gasteiger partial charge >= 0.3 is 0 Å². The third-order valence-electron chi connectivity index (χ3n) is 3.86. The number of aliphatic hydroxyl groups is 1. The molecule has 0 heterocycles. The van der Waals surface area contributed by atoms with Gasteiger partial charge < -0.3 is 15.2 Å². The fourth-order valence-electron chi connectivity index (χ4n) is 2.77. The van der Waals surface area contributed by atoms with Gasteiger partial charge in [-0.05, 0) is 31.0 Å². The maximum atomic E-state index is 12.2. The minimum atomic E-state index is -0.442. The van der Waals surface area contributed by atoms with Gasteiger partial charge in [0.05, 0.1) is 25.7 Å². The Balaban J connectivity index is 2.06. The molecule has 0 atom stereocenters. The van der Waals surface area contributed by atoms with Crippen LogP contribution >= 0.6 is 11.6 Å². The highest BCUT2D eigenvalue weighted by Gasteiger charge is 2.34. The van der Waals surface area contributed by atoms with Crippen molar-refractivity contribution in [1.82, 2.24) is 5.32 Å². The Bertz CT molecular complexity index is 484. The lowest BCUT2D eigenvalue weighted by atomic mass is 9.98. The number of carbonyl (C=O) groups excluding carboxylic acids is 1. The Labute approximate surface area is 124 Å². The molecule has 0 aliphatic heterocycles. The van der Waals surface area contributed by atoms with Crippen molar-refractivity contribution in [2.45, 2.75) is 37.6 Å². The molecule has 1 saturated carbocycles. The maximum absolute atomic E-state index is 12.2. The molecule has 1 amide bonds. The lowest BCUT2D eigenvalue weighted by molar-refractivity contribution is -0.122. The van der Waals surface area contributed by atoms with E-state index in [1.54, 1.807) is 25.3 Å². The molecule has 0 bridgehead atoms. The highest BCUT2D eigenvalue weighted by molar-refractivity contribution is 6.30. The first-order valence-electron chi connectivity index (χ1n) is 6.83. The van der Waals surface area contributed by atoms with Crippen LogP contribution < -0.4 is 10.1 Å². The molecule has 0 radical (unpaired) electrons. The smallest absolute Gasteiger partial charge is 0.225 e. The summed E-state index contributed by atoms with van der Waals surface area (Å²) in [4.78, 5) is 12.2. The number of benzene rings is 1. The van der Waals surface area contributed by atoms with Gasteiger partial charge in [-0.25, -0.2) is 0 Å². The molecular weight excluding hydrogens is 278 g/mol. The van der Waals surface area contributed by atoms with E-state index in [2.05, 4.69) is 5.32 Å². The molecular formula is C15H20ClNO3. The third-order valence-corrected chi connectivity index (χ3v) is 4.10. The molecule has 1 aromatic rings. The lowest BCUT2D eigenvalue weighted by Crippen LogP contribution is -2.49. The number of rotatable bonds is 5. The maximum Gasteiger partial charge on any atom is 0.225 e. The number of carbonyl (C=O) groups is 1. The summed E-state index contributed by atoms with van der Waals surface area (Å²) in [5, 5.41) is 13.1. The molecule has 0 saturated heterocycles. The van der Waals surface area contributed by atoms with Crippen molar-refractivity contribution in [1.29, 1.82) is 0 Å². The van der Waals surface area contributed by atoms with Gasteiger partial charge in [0.15, 0.2) is 0 Å². The quantitative estimate of drug-likeness (QED) is 0.877. The predicted molar refractivity (Wildman–Crippen MR) is 78.1 cm³/mol. The number of hydrogen-bond donors (Lipinski definition) is 2. The number of methoxy groups -OCH3 is 1. The fraction of sp³-hybridized carbons (Fsp3) is 0.533. The monoisotopic (exact) mass is 297 g/mol. The summed E-state index contributed by atoms with van der Waals surface area (Å²) in [7, 11) is 1.57. The van der Waals surface area contributed by atoms with Crippen molar-refractivity contribution in [2.24, 2.45) is 0 Å². The normalized spacial score (nSPS) is 16.9. The van der Waals surface area contributed by atoms with Crippen LogP contribution in [0.5, 0.6) is 5.75 Å². The standard InChI is InChI=1S/C15H20ClNO3/c1-20-13-5-4-12(16)8-11(13)9-14(19)17-15(10-18)6-2-3-7-15/h4-5,8,18H,2-3,6-7,9-10H2,1H3,(H,17,19). The van der Waals surface area contributed by atoms with Crippen molar-refractivity contribution >= 4 is 17.5 Å². The second-order valence-electron chi connectivity index (χ2n) is 5.33. The minimum Gasteiger partial charge on any atom is -0.496 e. The highest BCUT2D eigenvalue weighted by atomic mass is 35.5. The Morgan fingerprint density at radius 3 is 2.75 bits per heavy atom. The third kappa shape index (κ3) is 3.44. The largest absolute Gasteiger partial charge is 0.496 e. The Hall–Kier alpha value is -1.26. The number of nitrogens with one attached hydrogen (secondary N) is 1. The highest BCUT2D eigenvalue weighted by Crippen LogP contribution is 2.29. The van der Waals surface area contributed by atoms with Gasteiger partial charge in [-0.1, -0.05) is 24.4 Å². The molecule has 1 aliphatic rings. The SMILES string of the molecule is COc1ccc(Cl)cc1CC(=O)NC1(CO)CCCC1. The predicted octanol–water partition coefficient (Wildman–Crippen LogP) is 2.31. The van der Waals surface area contributed by atoms with E-state index in [4.69, 9.17) is 16.3 Å². The molecule has 1 aliphatic carbocycles. The molecule has 0 aromatic heterocycles. The summed E-state index contributed by atoms with van der Waals surface area (Å²) < 4.78 is 5.23.